The summed E-state index contributed by atoms with van der Waals surface area (Å²) in [5, 5.41) is 9.80. The molecule has 104 valence electrons. The van der Waals surface area contributed by atoms with E-state index in [9.17, 15) is 13.2 Å². The Balaban J connectivity index is 2.05. The van der Waals surface area contributed by atoms with Crippen LogP contribution in [-0.4, -0.2) is 6.18 Å². The van der Waals surface area contributed by atoms with Gasteiger partial charge in [-0.1, -0.05) is 42.5 Å². The van der Waals surface area contributed by atoms with Crippen molar-refractivity contribution < 1.29 is 13.2 Å². The SMILES string of the molecule is FC(F)(F)C1(c2cccc3cc4ccccc4cc23)N=N1. The van der Waals surface area contributed by atoms with Crippen LogP contribution in [0.15, 0.2) is 64.8 Å². The molecule has 0 saturated carbocycles. The summed E-state index contributed by atoms with van der Waals surface area (Å²) in [6.07, 6.45) is -4.51. The lowest BCUT2D eigenvalue weighted by Crippen LogP contribution is -2.30. The average molecular weight is 286 g/mol. The molecule has 0 spiro atoms. The molecule has 1 heterocycles. The summed E-state index contributed by atoms with van der Waals surface area (Å²) in [5.74, 6) is 0. The first-order valence-corrected chi connectivity index (χ1v) is 6.44. The monoisotopic (exact) mass is 286 g/mol. The Bertz CT molecular complexity index is 891. The Hall–Kier alpha value is -2.43. The molecule has 5 heteroatoms. The van der Waals surface area contributed by atoms with Crippen LogP contribution in [0.1, 0.15) is 5.56 Å². The third-order valence-electron chi connectivity index (χ3n) is 3.82. The van der Waals surface area contributed by atoms with E-state index in [-0.39, 0.29) is 5.56 Å². The largest absolute Gasteiger partial charge is 0.442 e. The summed E-state index contributed by atoms with van der Waals surface area (Å²) in [5.41, 5.74) is -2.28. The molecule has 1 aliphatic rings. The van der Waals surface area contributed by atoms with Crippen molar-refractivity contribution in [1.29, 1.82) is 0 Å². The Morgan fingerprint density at radius 3 is 2.00 bits per heavy atom. The molecule has 0 bridgehead atoms. The van der Waals surface area contributed by atoms with Gasteiger partial charge in [-0.25, -0.2) is 0 Å². The zero-order valence-corrected chi connectivity index (χ0v) is 10.7. The molecule has 2 nitrogen and oxygen atoms in total. The normalized spacial score (nSPS) is 16.5. The Morgan fingerprint density at radius 1 is 0.762 bits per heavy atom. The molecule has 0 aliphatic carbocycles. The van der Waals surface area contributed by atoms with Gasteiger partial charge in [0.15, 0.2) is 0 Å². The van der Waals surface area contributed by atoms with Gasteiger partial charge >= 0.3 is 11.8 Å². The number of nitrogens with zero attached hydrogens (tertiary/aromatic N) is 2. The molecule has 4 rings (SSSR count). The molecule has 0 fully saturated rings. The van der Waals surface area contributed by atoms with E-state index in [0.717, 1.165) is 16.2 Å². The molecule has 0 N–H and O–H groups in total. The Morgan fingerprint density at radius 2 is 1.38 bits per heavy atom. The molecule has 1 aliphatic heterocycles. The van der Waals surface area contributed by atoms with Crippen LogP contribution < -0.4 is 0 Å². The molecule has 0 unspecified atom stereocenters. The van der Waals surface area contributed by atoms with Crippen LogP contribution in [0.25, 0.3) is 21.5 Å². The smallest absolute Gasteiger partial charge is 0.166 e. The molecule has 0 atom stereocenters. The van der Waals surface area contributed by atoms with Crippen LogP contribution in [0.2, 0.25) is 0 Å². The van der Waals surface area contributed by atoms with Gasteiger partial charge in [0.05, 0.1) is 0 Å². The highest BCUT2D eigenvalue weighted by Crippen LogP contribution is 2.54. The van der Waals surface area contributed by atoms with Crippen molar-refractivity contribution in [3.63, 3.8) is 0 Å². The van der Waals surface area contributed by atoms with E-state index < -0.39 is 11.8 Å². The second kappa shape index (κ2) is 3.81. The number of rotatable bonds is 1. The van der Waals surface area contributed by atoms with Crippen LogP contribution in [-0.2, 0) is 5.66 Å². The van der Waals surface area contributed by atoms with E-state index in [0.29, 0.717) is 5.39 Å². The summed E-state index contributed by atoms with van der Waals surface area (Å²) in [7, 11) is 0. The van der Waals surface area contributed by atoms with Gasteiger partial charge in [-0.05, 0) is 33.7 Å². The predicted molar refractivity (Wildman–Crippen MR) is 74.0 cm³/mol. The molecular weight excluding hydrogens is 277 g/mol. The molecule has 0 amide bonds. The van der Waals surface area contributed by atoms with E-state index in [4.69, 9.17) is 0 Å². The van der Waals surface area contributed by atoms with Gasteiger partial charge in [0.2, 0.25) is 0 Å². The van der Waals surface area contributed by atoms with Crippen molar-refractivity contribution in [1.82, 2.24) is 0 Å². The fourth-order valence-corrected chi connectivity index (χ4v) is 2.69. The van der Waals surface area contributed by atoms with Gasteiger partial charge in [0.25, 0.3) is 0 Å². The minimum absolute atomic E-state index is 0.0956. The van der Waals surface area contributed by atoms with E-state index in [1.54, 1.807) is 18.2 Å². The number of benzene rings is 3. The number of alkyl halides is 3. The first-order chi connectivity index (χ1) is 10.0. The molecule has 3 aromatic rings. The fourth-order valence-electron chi connectivity index (χ4n) is 2.69. The van der Waals surface area contributed by atoms with Crippen molar-refractivity contribution in [3.05, 3.63) is 60.2 Å². The van der Waals surface area contributed by atoms with Gasteiger partial charge in [0, 0.05) is 5.56 Å². The quantitative estimate of drug-likeness (QED) is 0.551. The molecule has 0 radical (unpaired) electrons. The third kappa shape index (κ3) is 1.67. The van der Waals surface area contributed by atoms with E-state index in [1.165, 1.54) is 6.07 Å². The molecule has 0 aromatic heterocycles. The number of fused-ring (bicyclic) bond motifs is 2. The van der Waals surface area contributed by atoms with Crippen LogP contribution in [0.3, 0.4) is 0 Å². The predicted octanol–water partition coefficient (Wildman–Crippen LogP) is 5.17. The lowest BCUT2D eigenvalue weighted by Gasteiger charge is -2.17. The molecule has 0 saturated heterocycles. The maximum Gasteiger partial charge on any atom is 0.442 e. The number of hydrogen-bond acceptors (Lipinski definition) is 2. The standard InChI is InChI=1S/C16H9F3N2/c17-16(18,19)15(20-21-15)14-7-3-6-12-8-10-4-1-2-5-11(10)9-13(12)14/h1-9H. The van der Waals surface area contributed by atoms with Crippen molar-refractivity contribution in [3.8, 4) is 0 Å². The topological polar surface area (TPSA) is 24.7 Å². The number of hydrogen-bond donors (Lipinski definition) is 0. The lowest BCUT2D eigenvalue weighted by molar-refractivity contribution is -0.165. The minimum atomic E-state index is -4.51. The van der Waals surface area contributed by atoms with Crippen LogP contribution in [0, 0.1) is 0 Å². The van der Waals surface area contributed by atoms with Gasteiger partial charge in [0.1, 0.15) is 0 Å². The van der Waals surface area contributed by atoms with Crippen LogP contribution in [0.4, 0.5) is 13.2 Å². The number of halogens is 3. The van der Waals surface area contributed by atoms with Gasteiger partial charge in [-0.15, -0.1) is 10.2 Å². The zero-order valence-electron chi connectivity index (χ0n) is 10.7. The first-order valence-electron chi connectivity index (χ1n) is 6.44. The zero-order chi connectivity index (χ0) is 14.7. The van der Waals surface area contributed by atoms with Crippen molar-refractivity contribution in [2.45, 2.75) is 11.8 Å². The summed E-state index contributed by atoms with van der Waals surface area (Å²) in [6.45, 7) is 0. The average Bonchev–Trinajstić information content (AvgIpc) is 3.25. The lowest BCUT2D eigenvalue weighted by atomic mass is 9.93. The van der Waals surface area contributed by atoms with Crippen molar-refractivity contribution in [2.24, 2.45) is 10.2 Å². The van der Waals surface area contributed by atoms with E-state index in [2.05, 4.69) is 10.2 Å². The highest BCUT2D eigenvalue weighted by Gasteiger charge is 2.65. The maximum atomic E-state index is 13.2. The van der Waals surface area contributed by atoms with E-state index >= 15 is 0 Å². The Labute approximate surface area is 117 Å². The van der Waals surface area contributed by atoms with Crippen LogP contribution in [0.5, 0.6) is 0 Å². The third-order valence-corrected chi connectivity index (χ3v) is 3.82. The summed E-state index contributed by atoms with van der Waals surface area (Å²) >= 11 is 0. The maximum absolute atomic E-state index is 13.2. The summed E-state index contributed by atoms with van der Waals surface area (Å²) in [6, 6.07) is 16.1. The highest BCUT2D eigenvalue weighted by atomic mass is 19.4. The fraction of sp³-hybridized carbons (Fsp3) is 0.125. The second-order valence-corrected chi connectivity index (χ2v) is 5.10. The second-order valence-electron chi connectivity index (χ2n) is 5.10. The highest BCUT2D eigenvalue weighted by molar-refractivity contribution is 6.00. The van der Waals surface area contributed by atoms with E-state index in [1.807, 2.05) is 30.3 Å². The van der Waals surface area contributed by atoms with Gasteiger partial charge in [-0.3, -0.25) is 0 Å². The molecular formula is C16H9F3N2. The minimum Gasteiger partial charge on any atom is -0.166 e. The van der Waals surface area contributed by atoms with Gasteiger partial charge in [-0.2, -0.15) is 13.2 Å². The summed E-state index contributed by atoms with van der Waals surface area (Å²) in [4.78, 5) is 0. The molecule has 21 heavy (non-hydrogen) atoms. The van der Waals surface area contributed by atoms with Gasteiger partial charge < -0.3 is 0 Å². The Kier molecular flexibility index (Phi) is 2.24. The summed E-state index contributed by atoms with van der Waals surface area (Å²) < 4.78 is 39.7. The van der Waals surface area contributed by atoms with Crippen molar-refractivity contribution >= 4 is 21.5 Å². The van der Waals surface area contributed by atoms with Crippen molar-refractivity contribution in [2.75, 3.05) is 0 Å². The van der Waals surface area contributed by atoms with Crippen LogP contribution >= 0.6 is 0 Å². The first kappa shape index (κ1) is 12.3. The molecule has 3 aromatic carbocycles.